The quantitative estimate of drug-likeness (QED) is 0.277. The molecule has 1 N–H and O–H groups in total. The van der Waals surface area contributed by atoms with Crippen molar-refractivity contribution in [1.29, 1.82) is 0 Å². The molecule has 2 heteroatoms. The zero-order valence-electron chi connectivity index (χ0n) is 21.6. The molecular weight excluding hydrogens is 436 g/mol. The molecule has 0 fully saturated rings. The fourth-order valence-corrected chi connectivity index (χ4v) is 5.40. The van der Waals surface area contributed by atoms with E-state index >= 15 is 0 Å². The summed E-state index contributed by atoms with van der Waals surface area (Å²) in [5.41, 5.74) is 8.83. The van der Waals surface area contributed by atoms with Gasteiger partial charge in [-0.2, -0.15) is 0 Å². The van der Waals surface area contributed by atoms with E-state index in [-0.39, 0.29) is 49.4 Å². The molecule has 0 saturated heterocycles. The number of rotatable bonds is 6. The molecule has 4 rings (SSSR count). The van der Waals surface area contributed by atoms with Crippen LogP contribution >= 0.6 is 0 Å². The van der Waals surface area contributed by atoms with E-state index in [9.17, 15) is 5.11 Å². The molecule has 0 unspecified atom stereocenters. The SMILES string of the molecule is CCCC1(CCC)c2ccccc2-c2ccc(-c3cccc(C(C)C)c3O)cc21.[CH3-].[CH3-].[CH3-].[Ti+3]. The second kappa shape index (κ2) is 12.6. The number of fused-ring (bicyclic) bond motifs is 3. The van der Waals surface area contributed by atoms with E-state index < -0.39 is 0 Å². The summed E-state index contributed by atoms with van der Waals surface area (Å²) in [4.78, 5) is 0. The van der Waals surface area contributed by atoms with Gasteiger partial charge in [0, 0.05) is 11.0 Å². The number of para-hydroxylation sites is 1. The van der Waals surface area contributed by atoms with Gasteiger partial charge in [-0.25, -0.2) is 0 Å². The zero-order valence-corrected chi connectivity index (χ0v) is 23.2. The first-order chi connectivity index (χ1) is 14.0. The largest absolute Gasteiger partial charge is 3.00 e. The van der Waals surface area contributed by atoms with Gasteiger partial charge in [0.05, 0.1) is 0 Å². The average molecular weight is 478 g/mol. The van der Waals surface area contributed by atoms with Crippen LogP contribution in [0.4, 0.5) is 0 Å². The Bertz CT molecular complexity index is 1030. The number of hydrogen-bond donors (Lipinski definition) is 1. The fraction of sp³-hybridized carbons (Fsp3) is 0.323. The first-order valence-corrected chi connectivity index (χ1v) is 11.1. The van der Waals surface area contributed by atoms with Crippen LogP contribution in [0.1, 0.15) is 76.0 Å². The summed E-state index contributed by atoms with van der Waals surface area (Å²) in [6, 6.07) is 21.9. The molecule has 3 aromatic carbocycles. The van der Waals surface area contributed by atoms with Crippen LogP contribution in [0, 0.1) is 22.3 Å². The van der Waals surface area contributed by atoms with Gasteiger partial charge in [0.1, 0.15) is 5.75 Å². The van der Waals surface area contributed by atoms with Gasteiger partial charge in [0.15, 0.2) is 0 Å². The summed E-state index contributed by atoms with van der Waals surface area (Å²) < 4.78 is 0. The van der Waals surface area contributed by atoms with Gasteiger partial charge >= 0.3 is 21.7 Å². The monoisotopic (exact) mass is 477 g/mol. The van der Waals surface area contributed by atoms with Crippen LogP contribution < -0.4 is 0 Å². The summed E-state index contributed by atoms with van der Waals surface area (Å²) in [6.45, 7) is 8.84. The molecule has 1 nitrogen and oxygen atoms in total. The van der Waals surface area contributed by atoms with Gasteiger partial charge in [0.2, 0.25) is 0 Å². The van der Waals surface area contributed by atoms with Gasteiger partial charge in [-0.05, 0) is 58.2 Å². The second-order valence-electron chi connectivity index (χ2n) is 8.79. The normalized spacial score (nSPS) is 12.4. The maximum atomic E-state index is 11.0. The summed E-state index contributed by atoms with van der Waals surface area (Å²) in [7, 11) is 0. The fourth-order valence-electron chi connectivity index (χ4n) is 5.40. The molecule has 3 aromatic rings. The third-order valence-electron chi connectivity index (χ3n) is 6.62. The number of benzene rings is 3. The molecule has 0 amide bonds. The minimum absolute atomic E-state index is 0. The van der Waals surface area contributed by atoms with E-state index in [0.717, 1.165) is 42.4 Å². The number of aromatic hydroxyl groups is 1. The van der Waals surface area contributed by atoms with Gasteiger partial charge in [-0.3, -0.25) is 0 Å². The van der Waals surface area contributed by atoms with Crippen molar-refractivity contribution in [3.8, 4) is 28.0 Å². The van der Waals surface area contributed by atoms with Crippen molar-refractivity contribution in [2.45, 2.75) is 64.7 Å². The van der Waals surface area contributed by atoms with E-state index in [4.69, 9.17) is 0 Å². The average Bonchev–Trinajstić information content (AvgIpc) is 2.98. The predicted octanol–water partition coefficient (Wildman–Crippen LogP) is 9.40. The Morgan fingerprint density at radius 3 is 1.91 bits per heavy atom. The van der Waals surface area contributed by atoms with Crippen molar-refractivity contribution >= 4 is 0 Å². The van der Waals surface area contributed by atoms with Crippen LogP contribution in [-0.4, -0.2) is 5.11 Å². The predicted molar refractivity (Wildman–Crippen MR) is 143 cm³/mol. The van der Waals surface area contributed by atoms with E-state index in [0.29, 0.717) is 11.7 Å². The zero-order chi connectivity index (χ0) is 20.6. The minimum atomic E-state index is 0. The van der Waals surface area contributed by atoms with Gasteiger partial charge in [-0.15, -0.1) is 0 Å². The van der Waals surface area contributed by atoms with Gasteiger partial charge < -0.3 is 27.4 Å². The molecule has 175 valence electrons. The van der Waals surface area contributed by atoms with Crippen molar-refractivity contribution in [3.05, 3.63) is 99.6 Å². The third kappa shape index (κ3) is 5.15. The van der Waals surface area contributed by atoms with Crippen LogP contribution in [0.25, 0.3) is 22.3 Å². The molecule has 1 aliphatic rings. The molecule has 1 aliphatic carbocycles. The molecule has 0 saturated carbocycles. The number of hydrogen-bond acceptors (Lipinski definition) is 1. The molecule has 1 radical (unpaired) electrons. The second-order valence-corrected chi connectivity index (χ2v) is 8.79. The Kier molecular flexibility index (Phi) is 11.9. The van der Waals surface area contributed by atoms with E-state index in [2.05, 4.69) is 76.2 Å². The Balaban J connectivity index is 0.00000256. The topological polar surface area (TPSA) is 20.2 Å². The van der Waals surface area contributed by atoms with Gasteiger partial charge in [0.25, 0.3) is 0 Å². The Hall–Kier alpha value is -1.83. The Labute approximate surface area is 218 Å². The maximum Gasteiger partial charge on any atom is 3.00 e. The van der Waals surface area contributed by atoms with Crippen molar-refractivity contribution in [2.24, 2.45) is 0 Å². The number of phenols is 1. The van der Waals surface area contributed by atoms with Crippen molar-refractivity contribution in [3.63, 3.8) is 0 Å². The van der Waals surface area contributed by atoms with E-state index in [1.165, 1.54) is 22.3 Å². The molecular formula is C31H41OTi. The molecule has 0 bridgehead atoms. The minimum Gasteiger partial charge on any atom is -0.507 e. The van der Waals surface area contributed by atoms with Crippen LogP contribution in [0.2, 0.25) is 0 Å². The molecule has 0 aromatic heterocycles. The van der Waals surface area contributed by atoms with E-state index in [1.54, 1.807) is 0 Å². The molecule has 0 spiro atoms. The van der Waals surface area contributed by atoms with Crippen molar-refractivity contribution in [2.75, 3.05) is 0 Å². The molecule has 33 heavy (non-hydrogen) atoms. The summed E-state index contributed by atoms with van der Waals surface area (Å²) in [6.07, 6.45) is 4.64. The van der Waals surface area contributed by atoms with Crippen LogP contribution in [0.5, 0.6) is 5.75 Å². The van der Waals surface area contributed by atoms with Crippen molar-refractivity contribution in [1.82, 2.24) is 0 Å². The molecule has 0 aliphatic heterocycles. The molecule has 0 atom stereocenters. The smallest absolute Gasteiger partial charge is 0.507 e. The summed E-state index contributed by atoms with van der Waals surface area (Å²) in [5.74, 6) is 0.724. The van der Waals surface area contributed by atoms with Crippen LogP contribution in [0.3, 0.4) is 0 Å². The van der Waals surface area contributed by atoms with Crippen LogP contribution in [0.15, 0.2) is 60.7 Å². The number of phenolic OH excluding ortho intramolecular Hbond substituents is 1. The molecule has 0 heterocycles. The van der Waals surface area contributed by atoms with E-state index in [1.807, 2.05) is 12.1 Å². The Morgan fingerprint density at radius 1 is 0.727 bits per heavy atom. The maximum absolute atomic E-state index is 11.0. The van der Waals surface area contributed by atoms with Crippen LogP contribution in [-0.2, 0) is 27.1 Å². The van der Waals surface area contributed by atoms with Crippen molar-refractivity contribution < 1.29 is 26.8 Å². The summed E-state index contributed by atoms with van der Waals surface area (Å²) in [5, 5.41) is 11.0. The standard InChI is InChI=1S/C28H32O.3CH3.Ti/c1-5-16-28(17-6-2)25-13-8-7-10-23(25)24-15-14-20(18-26(24)28)22-12-9-11-21(19(3)4)27(22)29;;;;/h7-15,18-19,29H,5-6,16-17H2,1-4H3;3*1H3;/q;3*-1;+3. The first-order valence-electron chi connectivity index (χ1n) is 11.1. The Morgan fingerprint density at radius 2 is 1.30 bits per heavy atom. The summed E-state index contributed by atoms with van der Waals surface area (Å²) >= 11 is 0. The third-order valence-corrected chi connectivity index (χ3v) is 6.62. The first kappa shape index (κ1) is 31.2. The van der Waals surface area contributed by atoms with Gasteiger partial charge in [-0.1, -0.05) is 95.1 Å².